The SMILES string of the molecule is O=C(N[C@@H]1CCc2[nH]c3ccccc3c2C1)C(Cc1ccccc1)c1ccccc1. The highest BCUT2D eigenvalue weighted by molar-refractivity contribution is 5.86. The van der Waals surface area contributed by atoms with Crippen LogP contribution in [-0.4, -0.2) is 16.9 Å². The highest BCUT2D eigenvalue weighted by Gasteiger charge is 2.27. The zero-order valence-electron chi connectivity index (χ0n) is 17.0. The van der Waals surface area contributed by atoms with Crippen molar-refractivity contribution in [2.24, 2.45) is 0 Å². The molecule has 3 nitrogen and oxygen atoms in total. The average molecular weight is 395 g/mol. The lowest BCUT2D eigenvalue weighted by molar-refractivity contribution is -0.123. The van der Waals surface area contributed by atoms with Gasteiger partial charge >= 0.3 is 0 Å². The van der Waals surface area contributed by atoms with Crippen LogP contribution in [-0.2, 0) is 24.1 Å². The van der Waals surface area contributed by atoms with Crippen LogP contribution in [0.15, 0.2) is 84.9 Å². The summed E-state index contributed by atoms with van der Waals surface area (Å²) in [6.07, 6.45) is 3.54. The molecule has 1 aliphatic rings. The van der Waals surface area contributed by atoms with E-state index in [2.05, 4.69) is 58.8 Å². The van der Waals surface area contributed by atoms with Gasteiger partial charge in [0.2, 0.25) is 5.91 Å². The van der Waals surface area contributed by atoms with Crippen molar-refractivity contribution in [1.82, 2.24) is 10.3 Å². The maximum absolute atomic E-state index is 13.4. The van der Waals surface area contributed by atoms with E-state index in [4.69, 9.17) is 0 Å². The van der Waals surface area contributed by atoms with Crippen LogP contribution in [0.25, 0.3) is 10.9 Å². The highest BCUT2D eigenvalue weighted by atomic mass is 16.1. The molecule has 3 heteroatoms. The van der Waals surface area contributed by atoms with Gasteiger partial charge in [0.15, 0.2) is 0 Å². The zero-order chi connectivity index (χ0) is 20.3. The number of fused-ring (bicyclic) bond motifs is 3. The smallest absolute Gasteiger partial charge is 0.228 e. The molecule has 2 atom stereocenters. The first-order valence-corrected chi connectivity index (χ1v) is 10.8. The molecule has 0 radical (unpaired) electrons. The molecule has 0 spiro atoms. The van der Waals surface area contributed by atoms with E-state index in [1.807, 2.05) is 36.4 Å². The molecule has 0 fully saturated rings. The quantitative estimate of drug-likeness (QED) is 0.482. The summed E-state index contributed by atoms with van der Waals surface area (Å²) in [6, 6.07) is 29.1. The van der Waals surface area contributed by atoms with Crippen LogP contribution in [0.5, 0.6) is 0 Å². The first kappa shape index (κ1) is 18.7. The number of aryl methyl sites for hydroxylation is 1. The summed E-state index contributed by atoms with van der Waals surface area (Å²) in [5.41, 5.74) is 6.14. The number of aromatic nitrogens is 1. The second-order valence-corrected chi connectivity index (χ2v) is 8.23. The highest BCUT2D eigenvalue weighted by Crippen LogP contribution is 2.30. The molecule has 0 saturated carbocycles. The second kappa shape index (κ2) is 8.19. The molecule has 150 valence electrons. The molecule has 2 N–H and O–H groups in total. The fourth-order valence-electron chi connectivity index (χ4n) is 4.69. The Kier molecular flexibility index (Phi) is 5.10. The summed E-state index contributed by atoms with van der Waals surface area (Å²) in [6.45, 7) is 0. The van der Waals surface area contributed by atoms with Gasteiger partial charge in [-0.05, 0) is 48.4 Å². The lowest BCUT2D eigenvalue weighted by Crippen LogP contribution is -2.41. The Morgan fingerprint density at radius 3 is 2.43 bits per heavy atom. The van der Waals surface area contributed by atoms with Crippen molar-refractivity contribution in [1.29, 1.82) is 0 Å². The van der Waals surface area contributed by atoms with Crippen molar-refractivity contribution >= 4 is 16.8 Å². The van der Waals surface area contributed by atoms with E-state index in [-0.39, 0.29) is 17.9 Å². The van der Waals surface area contributed by atoms with Gasteiger partial charge in [0.05, 0.1) is 5.92 Å². The van der Waals surface area contributed by atoms with Gasteiger partial charge in [-0.25, -0.2) is 0 Å². The number of amides is 1. The lowest BCUT2D eigenvalue weighted by atomic mass is 9.88. The molecule has 0 saturated heterocycles. The van der Waals surface area contributed by atoms with E-state index >= 15 is 0 Å². The molecule has 0 bridgehead atoms. The number of nitrogens with one attached hydrogen (secondary N) is 2. The van der Waals surface area contributed by atoms with Gasteiger partial charge in [0, 0.05) is 22.6 Å². The first-order valence-electron chi connectivity index (χ1n) is 10.8. The summed E-state index contributed by atoms with van der Waals surface area (Å²) in [7, 11) is 0. The molecule has 0 aliphatic heterocycles. The van der Waals surface area contributed by atoms with Crippen molar-refractivity contribution in [3.63, 3.8) is 0 Å². The normalized spacial score (nSPS) is 16.7. The van der Waals surface area contributed by atoms with Gasteiger partial charge in [0.1, 0.15) is 0 Å². The summed E-state index contributed by atoms with van der Waals surface area (Å²) in [4.78, 5) is 17.0. The summed E-state index contributed by atoms with van der Waals surface area (Å²) < 4.78 is 0. The van der Waals surface area contributed by atoms with Crippen LogP contribution < -0.4 is 5.32 Å². The van der Waals surface area contributed by atoms with Gasteiger partial charge in [-0.2, -0.15) is 0 Å². The average Bonchev–Trinajstić information content (AvgIpc) is 3.17. The van der Waals surface area contributed by atoms with Gasteiger partial charge in [-0.3, -0.25) is 4.79 Å². The molecule has 1 unspecified atom stereocenters. The predicted octanol–water partition coefficient (Wildman–Crippen LogP) is 5.17. The molecular weight excluding hydrogens is 368 g/mol. The van der Waals surface area contributed by atoms with Crippen molar-refractivity contribution in [2.75, 3.05) is 0 Å². The minimum Gasteiger partial charge on any atom is -0.358 e. The molecule has 1 aromatic heterocycles. The van der Waals surface area contributed by atoms with Gasteiger partial charge in [-0.15, -0.1) is 0 Å². The molecule has 3 aromatic carbocycles. The lowest BCUT2D eigenvalue weighted by Gasteiger charge is -2.26. The molecule has 5 rings (SSSR count). The number of hydrogen-bond donors (Lipinski definition) is 2. The molecule has 1 aliphatic carbocycles. The molecule has 1 amide bonds. The fraction of sp³-hybridized carbons (Fsp3) is 0.222. The largest absolute Gasteiger partial charge is 0.358 e. The number of para-hydroxylation sites is 1. The second-order valence-electron chi connectivity index (χ2n) is 8.23. The van der Waals surface area contributed by atoms with Crippen LogP contribution in [0, 0.1) is 0 Å². The number of carbonyl (C=O) groups excluding carboxylic acids is 1. The van der Waals surface area contributed by atoms with Crippen molar-refractivity contribution in [3.8, 4) is 0 Å². The molecule has 1 heterocycles. The number of rotatable bonds is 5. The van der Waals surface area contributed by atoms with E-state index in [0.717, 1.165) is 24.8 Å². The number of aromatic amines is 1. The monoisotopic (exact) mass is 394 g/mol. The van der Waals surface area contributed by atoms with Crippen molar-refractivity contribution in [2.45, 2.75) is 37.6 Å². The zero-order valence-corrected chi connectivity index (χ0v) is 17.0. The first-order chi connectivity index (χ1) is 14.8. The van der Waals surface area contributed by atoms with Crippen molar-refractivity contribution in [3.05, 3.63) is 107 Å². The third-order valence-electron chi connectivity index (χ3n) is 6.24. The Morgan fingerprint density at radius 1 is 0.933 bits per heavy atom. The summed E-state index contributed by atoms with van der Waals surface area (Å²) in [5, 5.41) is 4.67. The standard InChI is InChI=1S/C27H26N2O/c30-27(23(20-11-5-2-6-12-20)17-19-9-3-1-4-10-19)28-21-15-16-26-24(18-21)22-13-7-8-14-25(22)29-26/h1-14,21,23,29H,15-18H2,(H,28,30)/t21-,23?/m1/s1. The van der Waals surface area contributed by atoms with E-state index in [1.165, 1.54) is 27.7 Å². The number of H-pyrrole nitrogens is 1. The Balaban J connectivity index is 1.36. The van der Waals surface area contributed by atoms with Gasteiger partial charge < -0.3 is 10.3 Å². The van der Waals surface area contributed by atoms with Crippen molar-refractivity contribution < 1.29 is 4.79 Å². The van der Waals surface area contributed by atoms with Crippen LogP contribution in [0.2, 0.25) is 0 Å². The minimum atomic E-state index is -0.182. The fourth-order valence-corrected chi connectivity index (χ4v) is 4.69. The topological polar surface area (TPSA) is 44.9 Å². The summed E-state index contributed by atoms with van der Waals surface area (Å²) in [5.74, 6) is -0.0590. The third kappa shape index (κ3) is 3.76. The predicted molar refractivity (Wildman–Crippen MR) is 122 cm³/mol. The van der Waals surface area contributed by atoms with E-state index < -0.39 is 0 Å². The Labute approximate surface area is 177 Å². The van der Waals surface area contributed by atoms with Gasteiger partial charge in [0.25, 0.3) is 0 Å². The molecule has 4 aromatic rings. The van der Waals surface area contributed by atoms with Gasteiger partial charge in [-0.1, -0.05) is 78.9 Å². The Morgan fingerprint density at radius 2 is 1.63 bits per heavy atom. The maximum atomic E-state index is 13.4. The molecule has 30 heavy (non-hydrogen) atoms. The van der Waals surface area contributed by atoms with E-state index in [1.54, 1.807) is 0 Å². The maximum Gasteiger partial charge on any atom is 0.228 e. The van der Waals surface area contributed by atoms with Crippen LogP contribution in [0.4, 0.5) is 0 Å². The summed E-state index contributed by atoms with van der Waals surface area (Å²) >= 11 is 0. The molecular formula is C27H26N2O. The van der Waals surface area contributed by atoms with Crippen LogP contribution >= 0.6 is 0 Å². The number of carbonyl (C=O) groups is 1. The van der Waals surface area contributed by atoms with E-state index in [0.29, 0.717) is 6.42 Å². The van der Waals surface area contributed by atoms with Crippen LogP contribution in [0.1, 0.15) is 34.7 Å². The van der Waals surface area contributed by atoms with Crippen LogP contribution in [0.3, 0.4) is 0 Å². The number of benzene rings is 3. The Bertz CT molecular complexity index is 1150. The third-order valence-corrected chi connectivity index (χ3v) is 6.24. The minimum absolute atomic E-state index is 0.123. The number of hydrogen-bond acceptors (Lipinski definition) is 1. The van der Waals surface area contributed by atoms with E-state index in [9.17, 15) is 4.79 Å². The Hall–Kier alpha value is -3.33.